The van der Waals surface area contributed by atoms with Gasteiger partial charge in [0.25, 0.3) is 0 Å². The van der Waals surface area contributed by atoms with E-state index in [0.717, 1.165) is 16.6 Å². The molecule has 0 fully saturated rings. The van der Waals surface area contributed by atoms with E-state index in [2.05, 4.69) is 36.8 Å². The highest BCUT2D eigenvalue weighted by molar-refractivity contribution is 5.94. The Hall–Kier alpha value is -1.64. The van der Waals surface area contributed by atoms with Gasteiger partial charge in [-0.15, -0.1) is 0 Å². The molecule has 0 unspecified atom stereocenters. The Kier molecular flexibility index (Phi) is 2.34. The lowest BCUT2D eigenvalue weighted by atomic mass is 9.86. The highest BCUT2D eigenvalue weighted by Crippen LogP contribution is 2.28. The van der Waals surface area contributed by atoms with E-state index in [9.17, 15) is 4.79 Å². The van der Waals surface area contributed by atoms with Gasteiger partial charge in [-0.25, -0.2) is 4.98 Å². The fourth-order valence-electron chi connectivity index (χ4n) is 1.80. The number of benzene rings is 1. The maximum atomic E-state index is 11.3. The summed E-state index contributed by atoms with van der Waals surface area (Å²) < 4.78 is 0. The molecule has 0 amide bonds. The van der Waals surface area contributed by atoms with E-state index in [1.807, 2.05) is 12.1 Å². The fourth-order valence-corrected chi connectivity index (χ4v) is 1.80. The lowest BCUT2D eigenvalue weighted by Gasteiger charge is -2.18. The molecule has 84 valence electrons. The second-order valence-electron chi connectivity index (χ2n) is 5.09. The number of hydrogen-bond donors (Lipinski definition) is 1. The van der Waals surface area contributed by atoms with Crippen molar-refractivity contribution in [3.8, 4) is 0 Å². The molecule has 2 rings (SSSR count). The molecule has 3 heteroatoms. The maximum Gasteiger partial charge on any atom is 0.195 e. The average Bonchev–Trinajstić information content (AvgIpc) is 2.58. The number of nitrogens with one attached hydrogen (secondary N) is 1. The third-order valence-electron chi connectivity index (χ3n) is 2.65. The van der Waals surface area contributed by atoms with Crippen molar-refractivity contribution in [2.45, 2.75) is 33.1 Å². The minimum Gasteiger partial charge on any atom is -0.335 e. The second-order valence-corrected chi connectivity index (χ2v) is 5.09. The first-order chi connectivity index (χ1) is 7.39. The number of aromatic nitrogens is 2. The molecule has 16 heavy (non-hydrogen) atoms. The summed E-state index contributed by atoms with van der Waals surface area (Å²) in [5, 5.41) is 0. The summed E-state index contributed by atoms with van der Waals surface area (Å²) in [5.74, 6) is 0.405. The van der Waals surface area contributed by atoms with Gasteiger partial charge in [-0.1, -0.05) is 32.9 Å². The highest BCUT2D eigenvalue weighted by Gasteiger charge is 2.19. The van der Waals surface area contributed by atoms with Gasteiger partial charge in [-0.2, -0.15) is 0 Å². The molecule has 0 saturated heterocycles. The van der Waals surface area contributed by atoms with E-state index >= 15 is 0 Å². The summed E-state index contributed by atoms with van der Waals surface area (Å²) in [7, 11) is 0. The first kappa shape index (κ1) is 10.9. The van der Waals surface area contributed by atoms with Crippen LogP contribution >= 0.6 is 0 Å². The van der Waals surface area contributed by atoms with Gasteiger partial charge in [0.05, 0.1) is 11.0 Å². The van der Waals surface area contributed by atoms with Gasteiger partial charge < -0.3 is 4.98 Å². The molecule has 0 radical (unpaired) electrons. The molecule has 0 aliphatic rings. The number of Topliss-reactive ketones (excluding diaryl/α,β-unsaturated/α-hetero) is 1. The third-order valence-corrected chi connectivity index (χ3v) is 2.65. The van der Waals surface area contributed by atoms with Crippen LogP contribution in [0.3, 0.4) is 0 Å². The van der Waals surface area contributed by atoms with Crippen LogP contribution in [0.1, 0.15) is 43.9 Å². The second kappa shape index (κ2) is 3.44. The number of ketones is 1. The summed E-state index contributed by atoms with van der Waals surface area (Å²) in [4.78, 5) is 18.7. The maximum absolute atomic E-state index is 11.3. The van der Waals surface area contributed by atoms with Crippen molar-refractivity contribution >= 4 is 16.8 Å². The Morgan fingerprint density at radius 1 is 1.31 bits per heavy atom. The van der Waals surface area contributed by atoms with E-state index < -0.39 is 0 Å². The van der Waals surface area contributed by atoms with Crippen LogP contribution in [-0.4, -0.2) is 15.8 Å². The molecule has 3 nitrogen and oxygen atoms in total. The van der Waals surface area contributed by atoms with Crippen molar-refractivity contribution in [2.24, 2.45) is 0 Å². The summed E-state index contributed by atoms with van der Waals surface area (Å²) in [6.07, 6.45) is 0. The normalized spacial score (nSPS) is 12.0. The van der Waals surface area contributed by atoms with E-state index in [0.29, 0.717) is 5.82 Å². The molecule has 0 aliphatic carbocycles. The number of fused-ring (bicyclic) bond motifs is 1. The van der Waals surface area contributed by atoms with E-state index in [-0.39, 0.29) is 11.2 Å². The molecular weight excluding hydrogens is 200 g/mol. The smallest absolute Gasteiger partial charge is 0.195 e. The molecule has 1 N–H and O–H groups in total. The number of aromatic amines is 1. The third kappa shape index (κ3) is 1.73. The molecule has 0 atom stereocenters. The fraction of sp³-hybridized carbons (Fsp3) is 0.385. The van der Waals surface area contributed by atoms with E-state index in [1.165, 1.54) is 6.92 Å². The molecule has 1 heterocycles. The van der Waals surface area contributed by atoms with Crippen LogP contribution in [0.25, 0.3) is 11.0 Å². The van der Waals surface area contributed by atoms with Crippen molar-refractivity contribution in [1.29, 1.82) is 0 Å². The van der Waals surface area contributed by atoms with Gasteiger partial charge >= 0.3 is 0 Å². The molecule has 0 saturated carbocycles. The Bertz CT molecular complexity index is 547. The lowest BCUT2D eigenvalue weighted by Crippen LogP contribution is -2.11. The van der Waals surface area contributed by atoms with Crippen LogP contribution in [0, 0.1) is 0 Å². The Labute approximate surface area is 94.9 Å². The Morgan fingerprint density at radius 2 is 2.00 bits per heavy atom. The molecule has 0 bridgehead atoms. The molecule has 1 aromatic heterocycles. The Morgan fingerprint density at radius 3 is 2.56 bits per heavy atom. The van der Waals surface area contributed by atoms with Gasteiger partial charge in [0.2, 0.25) is 0 Å². The molecule has 2 aromatic rings. The number of para-hydroxylation sites is 1. The topological polar surface area (TPSA) is 45.8 Å². The summed E-state index contributed by atoms with van der Waals surface area (Å²) in [6.45, 7) is 7.95. The molecule has 0 aliphatic heterocycles. The number of H-pyrrole nitrogens is 1. The van der Waals surface area contributed by atoms with Crippen LogP contribution in [0.4, 0.5) is 0 Å². The number of nitrogens with zero attached hydrogens (tertiary/aromatic N) is 1. The predicted molar refractivity (Wildman–Crippen MR) is 64.8 cm³/mol. The minimum absolute atomic E-state index is 0.0305. The minimum atomic E-state index is -0.0314. The molecule has 1 aromatic carbocycles. The van der Waals surface area contributed by atoms with Gasteiger partial charge in [0.1, 0.15) is 0 Å². The molecular formula is C13H16N2O. The lowest BCUT2D eigenvalue weighted by molar-refractivity contribution is 0.100. The largest absolute Gasteiger partial charge is 0.335 e. The van der Waals surface area contributed by atoms with Crippen molar-refractivity contribution < 1.29 is 4.79 Å². The van der Waals surface area contributed by atoms with Crippen LogP contribution in [0.15, 0.2) is 18.2 Å². The number of imidazole rings is 1. The van der Waals surface area contributed by atoms with Crippen molar-refractivity contribution in [1.82, 2.24) is 9.97 Å². The number of carbonyl (C=O) groups is 1. The van der Waals surface area contributed by atoms with E-state index in [1.54, 1.807) is 0 Å². The van der Waals surface area contributed by atoms with Crippen molar-refractivity contribution in [2.75, 3.05) is 0 Å². The van der Waals surface area contributed by atoms with Crippen LogP contribution in [-0.2, 0) is 5.41 Å². The first-order valence-corrected chi connectivity index (χ1v) is 5.40. The van der Waals surface area contributed by atoms with E-state index in [4.69, 9.17) is 0 Å². The Balaban J connectivity index is 2.73. The van der Waals surface area contributed by atoms with Crippen LogP contribution in [0.2, 0.25) is 0 Å². The zero-order valence-electron chi connectivity index (χ0n) is 10.1. The average molecular weight is 216 g/mol. The number of rotatable bonds is 1. The summed E-state index contributed by atoms with van der Waals surface area (Å²) in [6, 6.07) is 6.00. The standard InChI is InChI=1S/C13H16N2O/c1-8(16)12-14-10-7-5-6-9(11(10)15-12)13(2,3)4/h5-7H,1-4H3,(H,14,15). The quantitative estimate of drug-likeness (QED) is 0.744. The zero-order valence-corrected chi connectivity index (χ0v) is 10.1. The number of carbonyl (C=O) groups excluding carboxylic acids is 1. The zero-order chi connectivity index (χ0) is 11.9. The first-order valence-electron chi connectivity index (χ1n) is 5.40. The van der Waals surface area contributed by atoms with Gasteiger partial charge in [-0.3, -0.25) is 4.79 Å². The van der Waals surface area contributed by atoms with Gasteiger partial charge in [-0.05, 0) is 17.0 Å². The summed E-state index contributed by atoms with van der Waals surface area (Å²) >= 11 is 0. The van der Waals surface area contributed by atoms with Crippen LogP contribution < -0.4 is 0 Å². The van der Waals surface area contributed by atoms with Gasteiger partial charge in [0.15, 0.2) is 11.6 Å². The van der Waals surface area contributed by atoms with Crippen molar-refractivity contribution in [3.63, 3.8) is 0 Å². The van der Waals surface area contributed by atoms with Crippen molar-refractivity contribution in [3.05, 3.63) is 29.6 Å². The monoisotopic (exact) mass is 216 g/mol. The predicted octanol–water partition coefficient (Wildman–Crippen LogP) is 3.06. The summed E-state index contributed by atoms with van der Waals surface area (Å²) in [5.41, 5.74) is 3.02. The van der Waals surface area contributed by atoms with Gasteiger partial charge in [0, 0.05) is 6.92 Å². The molecule has 0 spiro atoms. The SMILES string of the molecule is CC(=O)c1nc2c(C(C)(C)C)cccc2[nH]1. The highest BCUT2D eigenvalue weighted by atomic mass is 16.1. The number of hydrogen-bond acceptors (Lipinski definition) is 2. The van der Waals surface area contributed by atoms with Crippen LogP contribution in [0.5, 0.6) is 0 Å².